The standard InChI is InChI=1S/C15H17NO/c1-2-16-14-9-10-17-15-12-6-4-3-5-11(12)7-8-13(14)15/h3-8,14,16H,2,9-10H2,1H3. The van der Waals surface area contributed by atoms with Gasteiger partial charge in [0.1, 0.15) is 5.75 Å². The van der Waals surface area contributed by atoms with Crippen molar-refractivity contribution in [3.8, 4) is 5.75 Å². The van der Waals surface area contributed by atoms with Crippen LogP contribution in [0.5, 0.6) is 5.75 Å². The van der Waals surface area contributed by atoms with Gasteiger partial charge in [0.25, 0.3) is 0 Å². The zero-order chi connectivity index (χ0) is 11.7. The summed E-state index contributed by atoms with van der Waals surface area (Å²) in [6.07, 6.45) is 1.05. The van der Waals surface area contributed by atoms with Gasteiger partial charge in [0.15, 0.2) is 0 Å². The van der Waals surface area contributed by atoms with Crippen LogP contribution in [0.15, 0.2) is 36.4 Å². The van der Waals surface area contributed by atoms with Gasteiger partial charge in [-0.2, -0.15) is 0 Å². The fourth-order valence-electron chi connectivity index (χ4n) is 2.59. The number of benzene rings is 2. The Labute approximate surface area is 102 Å². The van der Waals surface area contributed by atoms with E-state index in [1.54, 1.807) is 0 Å². The van der Waals surface area contributed by atoms with E-state index in [0.717, 1.165) is 25.3 Å². The summed E-state index contributed by atoms with van der Waals surface area (Å²) in [5, 5.41) is 6.01. The molecule has 1 aliphatic rings. The molecule has 1 N–H and O–H groups in total. The van der Waals surface area contributed by atoms with Crippen LogP contribution >= 0.6 is 0 Å². The molecule has 88 valence electrons. The number of ether oxygens (including phenoxy) is 1. The van der Waals surface area contributed by atoms with Crippen LogP contribution < -0.4 is 10.1 Å². The van der Waals surface area contributed by atoms with Crippen LogP contribution in [0.25, 0.3) is 10.8 Å². The molecule has 1 atom stereocenters. The Hall–Kier alpha value is -1.54. The van der Waals surface area contributed by atoms with Gasteiger partial charge in [-0.15, -0.1) is 0 Å². The highest BCUT2D eigenvalue weighted by atomic mass is 16.5. The quantitative estimate of drug-likeness (QED) is 0.850. The smallest absolute Gasteiger partial charge is 0.131 e. The molecule has 2 aromatic rings. The van der Waals surface area contributed by atoms with E-state index in [2.05, 4.69) is 48.6 Å². The molecule has 2 nitrogen and oxygen atoms in total. The third kappa shape index (κ3) is 1.79. The minimum atomic E-state index is 0.438. The second kappa shape index (κ2) is 4.38. The summed E-state index contributed by atoms with van der Waals surface area (Å²) in [7, 11) is 0. The van der Waals surface area contributed by atoms with E-state index >= 15 is 0 Å². The van der Waals surface area contributed by atoms with Gasteiger partial charge in [0, 0.05) is 23.4 Å². The Balaban J connectivity index is 2.16. The number of rotatable bonds is 2. The van der Waals surface area contributed by atoms with Crippen LogP contribution in [0, 0.1) is 0 Å². The van der Waals surface area contributed by atoms with Crippen molar-refractivity contribution < 1.29 is 4.74 Å². The lowest BCUT2D eigenvalue weighted by Crippen LogP contribution is -2.26. The van der Waals surface area contributed by atoms with Gasteiger partial charge in [-0.05, 0) is 11.9 Å². The van der Waals surface area contributed by atoms with Crippen molar-refractivity contribution in [2.75, 3.05) is 13.2 Å². The van der Waals surface area contributed by atoms with Crippen LogP contribution in [0.2, 0.25) is 0 Å². The first-order valence-electron chi connectivity index (χ1n) is 6.28. The van der Waals surface area contributed by atoms with Gasteiger partial charge in [0.05, 0.1) is 6.61 Å². The van der Waals surface area contributed by atoms with Crippen LogP contribution in [-0.4, -0.2) is 13.2 Å². The average molecular weight is 227 g/mol. The molecule has 3 rings (SSSR count). The van der Waals surface area contributed by atoms with Crippen LogP contribution in [0.3, 0.4) is 0 Å². The zero-order valence-electron chi connectivity index (χ0n) is 10.1. The number of hydrogen-bond acceptors (Lipinski definition) is 2. The number of nitrogens with one attached hydrogen (secondary N) is 1. The Kier molecular flexibility index (Phi) is 2.73. The molecular formula is C15H17NO. The lowest BCUT2D eigenvalue weighted by Gasteiger charge is -2.27. The van der Waals surface area contributed by atoms with Gasteiger partial charge in [0.2, 0.25) is 0 Å². The predicted molar refractivity (Wildman–Crippen MR) is 70.5 cm³/mol. The Morgan fingerprint density at radius 1 is 1.24 bits per heavy atom. The molecule has 1 aliphatic heterocycles. The molecule has 2 aromatic carbocycles. The maximum Gasteiger partial charge on any atom is 0.131 e. The molecule has 0 saturated heterocycles. The molecule has 0 saturated carbocycles. The van der Waals surface area contributed by atoms with Crippen molar-refractivity contribution in [2.45, 2.75) is 19.4 Å². The van der Waals surface area contributed by atoms with Crippen molar-refractivity contribution in [1.82, 2.24) is 5.32 Å². The Bertz CT molecular complexity index is 535. The van der Waals surface area contributed by atoms with Gasteiger partial charge >= 0.3 is 0 Å². The average Bonchev–Trinajstić information content (AvgIpc) is 2.39. The highest BCUT2D eigenvalue weighted by molar-refractivity contribution is 5.89. The topological polar surface area (TPSA) is 21.3 Å². The van der Waals surface area contributed by atoms with Gasteiger partial charge < -0.3 is 10.1 Å². The molecule has 2 heteroatoms. The first kappa shape index (κ1) is 10.6. The molecule has 0 fully saturated rings. The van der Waals surface area contributed by atoms with E-state index in [0.29, 0.717) is 6.04 Å². The third-order valence-electron chi connectivity index (χ3n) is 3.39. The second-order valence-electron chi connectivity index (χ2n) is 4.45. The normalized spacial score (nSPS) is 18.8. The summed E-state index contributed by atoms with van der Waals surface area (Å²) in [4.78, 5) is 0. The molecule has 0 amide bonds. The van der Waals surface area contributed by atoms with Crippen molar-refractivity contribution >= 4 is 10.8 Å². The summed E-state index contributed by atoms with van der Waals surface area (Å²) in [6, 6.07) is 13.2. The summed E-state index contributed by atoms with van der Waals surface area (Å²) in [5.41, 5.74) is 1.30. The maximum absolute atomic E-state index is 5.87. The minimum absolute atomic E-state index is 0.438. The molecule has 0 aromatic heterocycles. The van der Waals surface area contributed by atoms with E-state index in [9.17, 15) is 0 Å². The first-order chi connectivity index (χ1) is 8.40. The molecule has 17 heavy (non-hydrogen) atoms. The SMILES string of the molecule is CCNC1CCOc2c1ccc1ccccc21. The molecule has 1 heterocycles. The van der Waals surface area contributed by atoms with E-state index < -0.39 is 0 Å². The van der Waals surface area contributed by atoms with Crippen molar-refractivity contribution in [2.24, 2.45) is 0 Å². The van der Waals surface area contributed by atoms with E-state index in [1.165, 1.54) is 16.3 Å². The number of fused-ring (bicyclic) bond motifs is 3. The highest BCUT2D eigenvalue weighted by Gasteiger charge is 2.21. The fourth-order valence-corrected chi connectivity index (χ4v) is 2.59. The minimum Gasteiger partial charge on any atom is -0.493 e. The molecular weight excluding hydrogens is 210 g/mol. The molecule has 0 spiro atoms. The lowest BCUT2D eigenvalue weighted by atomic mass is 9.96. The molecule has 1 unspecified atom stereocenters. The zero-order valence-corrected chi connectivity index (χ0v) is 10.1. The summed E-state index contributed by atoms with van der Waals surface area (Å²) in [6.45, 7) is 3.95. The Morgan fingerprint density at radius 2 is 2.12 bits per heavy atom. The van der Waals surface area contributed by atoms with Gasteiger partial charge in [-0.25, -0.2) is 0 Å². The van der Waals surface area contributed by atoms with Crippen molar-refractivity contribution in [3.63, 3.8) is 0 Å². The van der Waals surface area contributed by atoms with Gasteiger partial charge in [-0.1, -0.05) is 43.3 Å². The van der Waals surface area contributed by atoms with E-state index in [-0.39, 0.29) is 0 Å². The molecule has 0 aliphatic carbocycles. The molecule has 0 bridgehead atoms. The first-order valence-corrected chi connectivity index (χ1v) is 6.28. The lowest BCUT2D eigenvalue weighted by molar-refractivity contribution is 0.257. The second-order valence-corrected chi connectivity index (χ2v) is 4.45. The fraction of sp³-hybridized carbons (Fsp3) is 0.333. The highest BCUT2D eigenvalue weighted by Crippen LogP contribution is 2.37. The Morgan fingerprint density at radius 3 is 3.00 bits per heavy atom. The largest absolute Gasteiger partial charge is 0.493 e. The van der Waals surface area contributed by atoms with E-state index in [4.69, 9.17) is 4.74 Å². The monoisotopic (exact) mass is 227 g/mol. The van der Waals surface area contributed by atoms with Crippen molar-refractivity contribution in [3.05, 3.63) is 42.0 Å². The summed E-state index contributed by atoms with van der Waals surface area (Å²) >= 11 is 0. The number of hydrogen-bond donors (Lipinski definition) is 1. The van der Waals surface area contributed by atoms with Crippen LogP contribution in [0.4, 0.5) is 0 Å². The predicted octanol–water partition coefficient (Wildman–Crippen LogP) is 3.27. The van der Waals surface area contributed by atoms with E-state index in [1.807, 2.05) is 0 Å². The van der Waals surface area contributed by atoms with Crippen LogP contribution in [-0.2, 0) is 0 Å². The summed E-state index contributed by atoms with van der Waals surface area (Å²) in [5.74, 6) is 1.07. The van der Waals surface area contributed by atoms with Crippen LogP contribution in [0.1, 0.15) is 24.9 Å². The van der Waals surface area contributed by atoms with Crippen molar-refractivity contribution in [1.29, 1.82) is 0 Å². The maximum atomic E-state index is 5.87. The third-order valence-corrected chi connectivity index (χ3v) is 3.39. The van der Waals surface area contributed by atoms with Gasteiger partial charge in [-0.3, -0.25) is 0 Å². The summed E-state index contributed by atoms with van der Waals surface area (Å²) < 4.78 is 5.87. The molecule has 0 radical (unpaired) electrons.